The third-order valence-electron chi connectivity index (χ3n) is 1.72. The lowest BCUT2D eigenvalue weighted by Crippen LogP contribution is -2.16. The predicted molar refractivity (Wildman–Crippen MR) is 67.5 cm³/mol. The molecule has 1 heterocycles. The number of carbonyl (C=O) groups is 2. The summed E-state index contributed by atoms with van der Waals surface area (Å²) in [5.74, 6) is 4.76. The maximum atomic E-state index is 11.5. The second-order valence-corrected chi connectivity index (χ2v) is 4.42. The Bertz CT molecular complexity index is 468. The van der Waals surface area contributed by atoms with Crippen LogP contribution in [0.1, 0.15) is 27.9 Å². The van der Waals surface area contributed by atoms with Gasteiger partial charge in [-0.1, -0.05) is 11.8 Å². The minimum atomic E-state index is -0.824. The van der Waals surface area contributed by atoms with Crippen molar-refractivity contribution in [3.63, 3.8) is 0 Å². The summed E-state index contributed by atoms with van der Waals surface area (Å²) in [6, 6.07) is 3.28. The van der Waals surface area contributed by atoms with Crippen LogP contribution in [0, 0.1) is 11.8 Å². The minimum Gasteiger partial charge on any atom is -0.460 e. The summed E-state index contributed by atoms with van der Waals surface area (Å²) in [4.78, 5) is 23.8. The average molecular weight is 271 g/mol. The minimum absolute atomic E-state index is 0.193. The highest BCUT2D eigenvalue weighted by molar-refractivity contribution is 7.15. The van der Waals surface area contributed by atoms with Gasteiger partial charge in [0.1, 0.15) is 0 Å². The Balaban J connectivity index is 2.72. The van der Waals surface area contributed by atoms with E-state index in [2.05, 4.69) is 16.6 Å². The van der Waals surface area contributed by atoms with Crippen LogP contribution in [0.3, 0.4) is 0 Å². The Morgan fingerprint density at radius 1 is 1.47 bits per heavy atom. The van der Waals surface area contributed by atoms with Crippen molar-refractivity contribution in [2.75, 3.05) is 12.5 Å². The van der Waals surface area contributed by atoms with Gasteiger partial charge in [0, 0.05) is 12.3 Å². The molecule has 0 aliphatic heterocycles. The summed E-state index contributed by atoms with van der Waals surface area (Å²) in [5.41, 5.74) is 0. The van der Waals surface area contributed by atoms with Crippen LogP contribution in [-0.2, 0) is 9.53 Å². The number of ketones is 1. The number of hydrogen-bond donors (Lipinski definition) is 0. The van der Waals surface area contributed by atoms with Crippen molar-refractivity contribution < 1.29 is 14.3 Å². The second-order valence-electron chi connectivity index (χ2n) is 2.95. The van der Waals surface area contributed by atoms with Gasteiger partial charge in [-0.25, -0.2) is 4.79 Å². The molecule has 0 saturated heterocycles. The van der Waals surface area contributed by atoms with Gasteiger partial charge in [-0.2, -0.15) is 0 Å². The van der Waals surface area contributed by atoms with E-state index in [1.807, 2.05) is 0 Å². The molecular weight excluding hydrogens is 260 g/mol. The molecule has 1 rings (SSSR count). The molecule has 1 aromatic rings. The van der Waals surface area contributed by atoms with Crippen LogP contribution in [0.4, 0.5) is 0 Å². The van der Waals surface area contributed by atoms with E-state index in [0.29, 0.717) is 17.2 Å². The molecule has 0 fully saturated rings. The third kappa shape index (κ3) is 4.22. The standard InChI is InChI=1S/C12H11ClO3S/c1-2-16-12(15)11(14)10-7-6-9(17-10)5-3-4-8-13/h6-7H,2,4,8H2,1H3. The molecule has 0 unspecified atom stereocenters. The van der Waals surface area contributed by atoms with Crippen LogP contribution >= 0.6 is 22.9 Å². The zero-order chi connectivity index (χ0) is 12.7. The number of alkyl halides is 1. The molecule has 0 spiro atoms. The summed E-state index contributed by atoms with van der Waals surface area (Å²) < 4.78 is 4.63. The SMILES string of the molecule is CCOC(=O)C(=O)c1ccc(C#CCCCl)s1. The van der Waals surface area contributed by atoms with Crippen molar-refractivity contribution in [2.45, 2.75) is 13.3 Å². The van der Waals surface area contributed by atoms with Crippen molar-refractivity contribution in [1.82, 2.24) is 0 Å². The van der Waals surface area contributed by atoms with Crippen molar-refractivity contribution >= 4 is 34.7 Å². The van der Waals surface area contributed by atoms with Crippen molar-refractivity contribution in [1.29, 1.82) is 0 Å². The van der Waals surface area contributed by atoms with Crippen molar-refractivity contribution in [3.8, 4) is 11.8 Å². The average Bonchev–Trinajstić information content (AvgIpc) is 2.77. The Hall–Kier alpha value is -1.31. The number of halogens is 1. The van der Waals surface area contributed by atoms with Crippen LogP contribution in [0.15, 0.2) is 12.1 Å². The number of ether oxygens (including phenoxy) is 1. The number of Topliss-reactive ketones (excluding diaryl/α,β-unsaturated/α-hetero) is 1. The van der Waals surface area contributed by atoms with E-state index in [9.17, 15) is 9.59 Å². The Morgan fingerprint density at radius 2 is 2.24 bits per heavy atom. The molecule has 0 N–H and O–H groups in total. The molecule has 3 nitrogen and oxygen atoms in total. The number of rotatable bonds is 4. The molecule has 0 atom stereocenters. The molecule has 0 aromatic carbocycles. The zero-order valence-corrected chi connectivity index (χ0v) is 10.9. The first-order chi connectivity index (χ1) is 8.19. The molecule has 0 amide bonds. The summed E-state index contributed by atoms with van der Waals surface area (Å²) in [6.07, 6.45) is 0.598. The largest absolute Gasteiger partial charge is 0.460 e. The molecule has 0 radical (unpaired) electrons. The summed E-state index contributed by atoms with van der Waals surface area (Å²) in [6.45, 7) is 1.85. The quantitative estimate of drug-likeness (QED) is 0.278. The van der Waals surface area contributed by atoms with E-state index in [-0.39, 0.29) is 6.61 Å². The predicted octanol–water partition coefficient (Wildman–Crippen LogP) is 2.47. The molecule has 0 aliphatic carbocycles. The molecule has 0 aliphatic rings. The number of thiophene rings is 1. The Kier molecular flexibility index (Phi) is 5.75. The molecule has 0 saturated carbocycles. The van der Waals surface area contributed by atoms with Gasteiger partial charge < -0.3 is 4.74 Å². The van der Waals surface area contributed by atoms with Gasteiger partial charge >= 0.3 is 5.97 Å². The molecular formula is C12H11ClO3S. The van der Waals surface area contributed by atoms with E-state index in [1.165, 1.54) is 11.3 Å². The first-order valence-electron chi connectivity index (χ1n) is 5.05. The van der Waals surface area contributed by atoms with Crippen LogP contribution in [0.25, 0.3) is 0 Å². The van der Waals surface area contributed by atoms with Gasteiger partial charge in [0.25, 0.3) is 5.78 Å². The van der Waals surface area contributed by atoms with E-state index in [1.54, 1.807) is 19.1 Å². The van der Waals surface area contributed by atoms with E-state index < -0.39 is 11.8 Å². The lowest BCUT2D eigenvalue weighted by atomic mass is 10.3. The lowest BCUT2D eigenvalue weighted by Gasteiger charge is -1.97. The van der Waals surface area contributed by atoms with Crippen LogP contribution in [-0.4, -0.2) is 24.2 Å². The highest BCUT2D eigenvalue weighted by Crippen LogP contribution is 2.16. The number of carbonyl (C=O) groups excluding carboxylic acids is 2. The number of hydrogen-bond acceptors (Lipinski definition) is 4. The molecule has 90 valence electrons. The Morgan fingerprint density at radius 3 is 2.88 bits per heavy atom. The maximum absolute atomic E-state index is 11.5. The summed E-state index contributed by atoms with van der Waals surface area (Å²) >= 11 is 6.66. The smallest absolute Gasteiger partial charge is 0.380 e. The zero-order valence-electron chi connectivity index (χ0n) is 9.29. The normalized spacial score (nSPS) is 9.29. The number of esters is 1. The third-order valence-corrected chi connectivity index (χ3v) is 2.91. The fourth-order valence-electron chi connectivity index (χ4n) is 1.02. The van der Waals surface area contributed by atoms with Crippen molar-refractivity contribution in [2.24, 2.45) is 0 Å². The fraction of sp³-hybridized carbons (Fsp3) is 0.333. The molecule has 5 heteroatoms. The summed E-state index contributed by atoms with van der Waals surface area (Å²) in [7, 11) is 0. The highest BCUT2D eigenvalue weighted by atomic mass is 35.5. The highest BCUT2D eigenvalue weighted by Gasteiger charge is 2.18. The van der Waals surface area contributed by atoms with E-state index in [0.717, 1.165) is 4.88 Å². The fourth-order valence-corrected chi connectivity index (χ4v) is 1.92. The molecule has 1 aromatic heterocycles. The van der Waals surface area contributed by atoms with Crippen LogP contribution in [0.5, 0.6) is 0 Å². The van der Waals surface area contributed by atoms with Gasteiger partial charge in [-0.05, 0) is 19.1 Å². The first-order valence-corrected chi connectivity index (χ1v) is 6.40. The topological polar surface area (TPSA) is 43.4 Å². The van der Waals surface area contributed by atoms with Crippen LogP contribution in [0.2, 0.25) is 0 Å². The van der Waals surface area contributed by atoms with E-state index in [4.69, 9.17) is 11.6 Å². The molecule has 17 heavy (non-hydrogen) atoms. The summed E-state index contributed by atoms with van der Waals surface area (Å²) in [5, 5.41) is 0. The molecule has 0 bridgehead atoms. The lowest BCUT2D eigenvalue weighted by molar-refractivity contribution is -0.137. The van der Waals surface area contributed by atoms with Gasteiger partial charge in [0.2, 0.25) is 0 Å². The monoisotopic (exact) mass is 270 g/mol. The van der Waals surface area contributed by atoms with Gasteiger partial charge in [0.15, 0.2) is 0 Å². The van der Waals surface area contributed by atoms with Crippen LogP contribution < -0.4 is 0 Å². The maximum Gasteiger partial charge on any atom is 0.380 e. The van der Waals surface area contributed by atoms with Crippen molar-refractivity contribution in [3.05, 3.63) is 21.9 Å². The second kappa shape index (κ2) is 7.10. The van der Waals surface area contributed by atoms with Gasteiger partial charge in [-0.15, -0.1) is 22.9 Å². The van der Waals surface area contributed by atoms with E-state index >= 15 is 0 Å². The van der Waals surface area contributed by atoms with Gasteiger partial charge in [-0.3, -0.25) is 4.79 Å². The van der Waals surface area contributed by atoms with Gasteiger partial charge in [0.05, 0.1) is 16.4 Å². The Labute approximate surface area is 109 Å². The first kappa shape index (κ1) is 13.8.